The number of nitrogens with zero attached hydrogens (tertiary/aromatic N) is 2. The van der Waals surface area contributed by atoms with E-state index in [1.54, 1.807) is 24.4 Å². The summed E-state index contributed by atoms with van der Waals surface area (Å²) in [5, 5.41) is 4.95. The second kappa shape index (κ2) is 8.03. The first-order valence-corrected chi connectivity index (χ1v) is 9.91. The fourth-order valence-corrected chi connectivity index (χ4v) is 4.44. The molecule has 0 bridgehead atoms. The molecule has 4 rings (SSSR count). The van der Waals surface area contributed by atoms with Crippen molar-refractivity contribution in [2.24, 2.45) is 0 Å². The molecule has 1 saturated heterocycles. The van der Waals surface area contributed by atoms with Crippen molar-refractivity contribution in [3.05, 3.63) is 77.1 Å². The average Bonchev–Trinajstić information content (AvgIpc) is 3.35. The molecule has 0 aliphatic carbocycles. The Hall–Kier alpha value is -3.59. The summed E-state index contributed by atoms with van der Waals surface area (Å²) < 4.78 is 13.2. The number of imide groups is 1. The molecule has 1 atom stereocenters. The van der Waals surface area contributed by atoms with Crippen LogP contribution in [0.15, 0.2) is 60.8 Å². The van der Waals surface area contributed by atoms with Crippen LogP contribution >= 0.6 is 11.3 Å². The van der Waals surface area contributed by atoms with Gasteiger partial charge in [-0.25, -0.2) is 9.18 Å². The molecule has 7 nitrogen and oxygen atoms in total. The number of hydrogen-bond acceptors (Lipinski definition) is 5. The average molecular weight is 424 g/mol. The summed E-state index contributed by atoms with van der Waals surface area (Å²) in [6.45, 7) is 0.0841. The zero-order valence-corrected chi connectivity index (χ0v) is 16.5. The third-order valence-corrected chi connectivity index (χ3v) is 6.04. The lowest BCUT2D eigenvalue weighted by molar-refractivity contribution is -0.127. The van der Waals surface area contributed by atoms with Gasteiger partial charge in [0.25, 0.3) is 5.91 Å². The van der Waals surface area contributed by atoms with E-state index in [-0.39, 0.29) is 18.9 Å². The van der Waals surface area contributed by atoms with Crippen LogP contribution in [0.5, 0.6) is 0 Å². The van der Waals surface area contributed by atoms with Crippen LogP contribution in [0.2, 0.25) is 0 Å². The Kier molecular flexibility index (Phi) is 5.28. The number of pyridine rings is 1. The van der Waals surface area contributed by atoms with E-state index in [0.29, 0.717) is 16.9 Å². The van der Waals surface area contributed by atoms with Crippen LogP contribution < -0.4 is 10.6 Å². The molecule has 2 N–H and O–H groups in total. The Morgan fingerprint density at radius 1 is 1.10 bits per heavy atom. The van der Waals surface area contributed by atoms with Gasteiger partial charge in [0, 0.05) is 17.6 Å². The number of hydrogen-bond donors (Lipinski definition) is 2. The summed E-state index contributed by atoms with van der Waals surface area (Å²) >= 11 is 1.32. The highest BCUT2D eigenvalue weighted by Gasteiger charge is 2.50. The van der Waals surface area contributed by atoms with E-state index < -0.39 is 17.5 Å². The summed E-state index contributed by atoms with van der Waals surface area (Å²) in [7, 11) is 0. The number of aromatic nitrogens is 1. The van der Waals surface area contributed by atoms with E-state index in [4.69, 9.17) is 0 Å². The molecule has 30 heavy (non-hydrogen) atoms. The van der Waals surface area contributed by atoms with Gasteiger partial charge in [0.15, 0.2) is 5.54 Å². The molecule has 3 aromatic rings. The summed E-state index contributed by atoms with van der Waals surface area (Å²) in [6.07, 6.45) is 2.28. The van der Waals surface area contributed by atoms with Crippen LogP contribution in [0.4, 0.5) is 9.18 Å². The van der Waals surface area contributed by atoms with E-state index >= 15 is 0 Å². The first-order chi connectivity index (χ1) is 14.5. The first kappa shape index (κ1) is 19.7. The molecule has 1 fully saturated rings. The summed E-state index contributed by atoms with van der Waals surface area (Å²) in [5.41, 5.74) is 0.0198. The fraction of sp³-hybridized carbons (Fsp3) is 0.143. The lowest BCUT2D eigenvalue weighted by Crippen LogP contribution is -2.51. The van der Waals surface area contributed by atoms with Crippen LogP contribution in [-0.2, 0) is 21.7 Å². The predicted octanol–water partition coefficient (Wildman–Crippen LogP) is 2.64. The molecule has 152 valence electrons. The van der Waals surface area contributed by atoms with E-state index in [2.05, 4.69) is 15.6 Å². The molecule has 9 heteroatoms. The zero-order chi connectivity index (χ0) is 21.1. The van der Waals surface area contributed by atoms with Crippen LogP contribution in [0.3, 0.4) is 0 Å². The Morgan fingerprint density at radius 2 is 1.90 bits per heavy atom. The van der Waals surface area contributed by atoms with Crippen molar-refractivity contribution >= 4 is 29.7 Å². The molecular weight excluding hydrogens is 407 g/mol. The second-order valence-corrected chi connectivity index (χ2v) is 7.91. The quantitative estimate of drug-likeness (QED) is 0.451. The number of benzene rings is 1. The van der Waals surface area contributed by atoms with Gasteiger partial charge in [-0.15, -0.1) is 11.3 Å². The summed E-state index contributed by atoms with van der Waals surface area (Å²) in [4.78, 5) is 43.6. The van der Waals surface area contributed by atoms with Gasteiger partial charge < -0.3 is 10.2 Å². The van der Waals surface area contributed by atoms with Crippen molar-refractivity contribution < 1.29 is 18.8 Å². The smallest absolute Gasteiger partial charge is 0.322 e. The molecule has 1 aliphatic rings. The van der Waals surface area contributed by atoms with Crippen LogP contribution in [-0.4, -0.2) is 34.8 Å². The first-order valence-electron chi connectivity index (χ1n) is 9.09. The number of carbonyl (C=O) groups is 3. The van der Waals surface area contributed by atoms with E-state index in [0.717, 1.165) is 10.6 Å². The molecule has 0 spiro atoms. The maximum Gasteiger partial charge on any atom is 0.322 e. The number of amides is 4. The molecule has 4 amide bonds. The summed E-state index contributed by atoms with van der Waals surface area (Å²) in [5.74, 6) is -0.913. The van der Waals surface area contributed by atoms with E-state index in [1.165, 1.54) is 28.4 Å². The molecule has 0 saturated carbocycles. The fourth-order valence-electron chi connectivity index (χ4n) is 3.33. The van der Waals surface area contributed by atoms with Crippen molar-refractivity contribution in [3.8, 4) is 10.6 Å². The van der Waals surface area contributed by atoms with Gasteiger partial charge in [0.2, 0.25) is 6.41 Å². The Bertz CT molecular complexity index is 1090. The van der Waals surface area contributed by atoms with Crippen LogP contribution in [0.25, 0.3) is 10.6 Å². The van der Waals surface area contributed by atoms with Crippen LogP contribution in [0, 0.1) is 5.82 Å². The second-order valence-electron chi connectivity index (χ2n) is 6.83. The number of rotatable bonds is 7. The normalized spacial score (nSPS) is 18.0. The van der Waals surface area contributed by atoms with Gasteiger partial charge in [-0.3, -0.25) is 19.9 Å². The number of urea groups is 1. The van der Waals surface area contributed by atoms with Crippen molar-refractivity contribution in [2.75, 3.05) is 6.54 Å². The van der Waals surface area contributed by atoms with Gasteiger partial charge in [0.1, 0.15) is 5.82 Å². The predicted molar refractivity (Wildman–Crippen MR) is 109 cm³/mol. The SMILES string of the molecule is O=CN(Cc1ccc(F)cc1)C[C@]1(c2ccc(-c3ccccn3)s2)NC(=O)NC1=O. The zero-order valence-electron chi connectivity index (χ0n) is 15.7. The number of carbonyl (C=O) groups excluding carboxylic acids is 3. The highest BCUT2D eigenvalue weighted by molar-refractivity contribution is 7.15. The van der Waals surface area contributed by atoms with Gasteiger partial charge in [0.05, 0.1) is 17.1 Å². The standard InChI is InChI=1S/C21H17FN4O3S/c22-15-6-4-14(5-7-15)11-26(13-27)12-21(19(28)24-20(29)25-21)18-9-8-17(30-18)16-3-1-2-10-23-16/h1-10,13H,11-12H2,(H2,24,25,28,29)/t21-/m1/s1. The molecule has 1 aromatic carbocycles. The van der Waals surface area contributed by atoms with Crippen LogP contribution in [0.1, 0.15) is 10.4 Å². The van der Waals surface area contributed by atoms with Crippen molar-refractivity contribution in [1.29, 1.82) is 0 Å². The van der Waals surface area contributed by atoms with Crippen molar-refractivity contribution in [1.82, 2.24) is 20.5 Å². The van der Waals surface area contributed by atoms with Crippen molar-refractivity contribution in [3.63, 3.8) is 0 Å². The van der Waals surface area contributed by atoms with E-state index in [9.17, 15) is 18.8 Å². The number of thiophene rings is 1. The minimum Gasteiger partial charge on any atom is -0.338 e. The maximum atomic E-state index is 13.2. The lowest BCUT2D eigenvalue weighted by Gasteiger charge is -2.30. The summed E-state index contributed by atoms with van der Waals surface area (Å²) in [6, 6.07) is 14.2. The molecule has 0 unspecified atom stereocenters. The lowest BCUT2D eigenvalue weighted by atomic mass is 9.96. The minimum absolute atomic E-state index is 0.0758. The Balaban J connectivity index is 1.65. The number of nitrogens with one attached hydrogen (secondary N) is 2. The molecule has 3 heterocycles. The van der Waals surface area contributed by atoms with Gasteiger partial charge in [-0.1, -0.05) is 18.2 Å². The highest BCUT2D eigenvalue weighted by atomic mass is 32.1. The maximum absolute atomic E-state index is 13.2. The third-order valence-electron chi connectivity index (χ3n) is 4.77. The van der Waals surface area contributed by atoms with Gasteiger partial charge in [-0.2, -0.15) is 0 Å². The number of halogens is 1. The minimum atomic E-state index is -1.42. The Labute approximate surface area is 175 Å². The van der Waals surface area contributed by atoms with Gasteiger partial charge >= 0.3 is 6.03 Å². The molecule has 2 aromatic heterocycles. The Morgan fingerprint density at radius 3 is 2.53 bits per heavy atom. The van der Waals surface area contributed by atoms with E-state index in [1.807, 2.05) is 24.3 Å². The molecule has 0 radical (unpaired) electrons. The molecule has 1 aliphatic heterocycles. The topological polar surface area (TPSA) is 91.4 Å². The van der Waals surface area contributed by atoms with Crippen molar-refractivity contribution in [2.45, 2.75) is 12.1 Å². The van der Waals surface area contributed by atoms with Gasteiger partial charge in [-0.05, 0) is 42.0 Å². The third kappa shape index (κ3) is 3.79. The highest BCUT2D eigenvalue weighted by Crippen LogP contribution is 2.36. The largest absolute Gasteiger partial charge is 0.338 e. The molecular formula is C21H17FN4O3S. The monoisotopic (exact) mass is 424 g/mol.